The minimum absolute atomic E-state index is 0.0231. The summed E-state index contributed by atoms with van der Waals surface area (Å²) in [5, 5.41) is 9.74. The zero-order chi connectivity index (χ0) is 15.6. The standard InChI is InChI=1S/C18H21FO2/c1-12(20)16-11-14(19)8-9-17(16)21-15-7-5-6-13(10-15)18(2,3)4/h5-12,20H,1-4H3/t12-/m1/s1. The average molecular weight is 288 g/mol. The molecule has 1 atom stereocenters. The Labute approximate surface area is 125 Å². The van der Waals surface area contributed by atoms with Crippen LogP contribution in [0.4, 0.5) is 4.39 Å². The van der Waals surface area contributed by atoms with Gasteiger partial charge in [0.1, 0.15) is 17.3 Å². The van der Waals surface area contributed by atoms with Crippen LogP contribution in [-0.2, 0) is 5.41 Å². The Morgan fingerprint density at radius 1 is 1.10 bits per heavy atom. The van der Waals surface area contributed by atoms with E-state index in [4.69, 9.17) is 4.74 Å². The molecule has 2 rings (SSSR count). The molecule has 0 aliphatic heterocycles. The van der Waals surface area contributed by atoms with Crippen molar-refractivity contribution >= 4 is 0 Å². The molecule has 0 aliphatic carbocycles. The van der Waals surface area contributed by atoms with Gasteiger partial charge in [0, 0.05) is 5.56 Å². The van der Waals surface area contributed by atoms with E-state index in [0.29, 0.717) is 17.1 Å². The lowest BCUT2D eigenvalue weighted by molar-refractivity contribution is 0.195. The van der Waals surface area contributed by atoms with E-state index in [2.05, 4.69) is 20.8 Å². The summed E-state index contributed by atoms with van der Waals surface area (Å²) in [5.41, 5.74) is 1.62. The summed E-state index contributed by atoms with van der Waals surface area (Å²) in [6.07, 6.45) is -0.790. The predicted octanol–water partition coefficient (Wildman–Crippen LogP) is 4.97. The fourth-order valence-corrected chi connectivity index (χ4v) is 2.09. The number of benzene rings is 2. The first-order valence-corrected chi connectivity index (χ1v) is 7.03. The molecular formula is C18H21FO2. The molecule has 112 valence electrons. The first-order chi connectivity index (χ1) is 9.77. The third-order valence-electron chi connectivity index (χ3n) is 3.35. The molecule has 0 saturated carbocycles. The molecule has 0 unspecified atom stereocenters. The van der Waals surface area contributed by atoms with E-state index < -0.39 is 6.10 Å². The van der Waals surface area contributed by atoms with Gasteiger partial charge in [0.05, 0.1) is 6.10 Å². The van der Waals surface area contributed by atoms with E-state index in [1.165, 1.54) is 12.1 Å². The fourth-order valence-electron chi connectivity index (χ4n) is 2.09. The molecular weight excluding hydrogens is 267 g/mol. The summed E-state index contributed by atoms with van der Waals surface area (Å²) in [6, 6.07) is 12.0. The first kappa shape index (κ1) is 15.5. The van der Waals surface area contributed by atoms with E-state index in [1.54, 1.807) is 13.0 Å². The van der Waals surface area contributed by atoms with Crippen LogP contribution in [0.1, 0.15) is 44.9 Å². The molecule has 0 spiro atoms. The van der Waals surface area contributed by atoms with Crippen molar-refractivity contribution in [3.8, 4) is 11.5 Å². The summed E-state index contributed by atoms with van der Waals surface area (Å²) >= 11 is 0. The number of ether oxygens (including phenoxy) is 1. The molecule has 0 radical (unpaired) electrons. The molecule has 0 fully saturated rings. The zero-order valence-electron chi connectivity index (χ0n) is 12.9. The van der Waals surface area contributed by atoms with Gasteiger partial charge in [-0.05, 0) is 48.2 Å². The largest absolute Gasteiger partial charge is 0.457 e. The minimum atomic E-state index is -0.790. The van der Waals surface area contributed by atoms with Crippen molar-refractivity contribution in [2.75, 3.05) is 0 Å². The number of hydrogen-bond donors (Lipinski definition) is 1. The highest BCUT2D eigenvalue weighted by atomic mass is 19.1. The molecule has 2 aromatic rings. The van der Waals surface area contributed by atoms with E-state index >= 15 is 0 Å². The van der Waals surface area contributed by atoms with Gasteiger partial charge in [-0.15, -0.1) is 0 Å². The Bertz CT molecular complexity index is 627. The number of aliphatic hydroxyl groups is 1. The summed E-state index contributed by atoms with van der Waals surface area (Å²) in [7, 11) is 0. The monoisotopic (exact) mass is 288 g/mol. The summed E-state index contributed by atoms with van der Waals surface area (Å²) in [5.74, 6) is 0.759. The molecule has 1 N–H and O–H groups in total. The molecule has 0 heterocycles. The van der Waals surface area contributed by atoms with Crippen LogP contribution < -0.4 is 4.74 Å². The lowest BCUT2D eigenvalue weighted by Crippen LogP contribution is -2.10. The Hall–Kier alpha value is -1.87. The maximum Gasteiger partial charge on any atom is 0.133 e. The van der Waals surface area contributed by atoms with Gasteiger partial charge in [-0.1, -0.05) is 32.9 Å². The Balaban J connectivity index is 2.35. The van der Waals surface area contributed by atoms with E-state index in [1.807, 2.05) is 24.3 Å². The number of halogens is 1. The van der Waals surface area contributed by atoms with Crippen molar-refractivity contribution in [1.82, 2.24) is 0 Å². The fraction of sp³-hybridized carbons (Fsp3) is 0.333. The quantitative estimate of drug-likeness (QED) is 0.864. The predicted molar refractivity (Wildman–Crippen MR) is 82.2 cm³/mol. The molecule has 2 nitrogen and oxygen atoms in total. The van der Waals surface area contributed by atoms with Crippen LogP contribution in [0.5, 0.6) is 11.5 Å². The normalized spacial score (nSPS) is 13.0. The van der Waals surface area contributed by atoms with Crippen LogP contribution >= 0.6 is 0 Å². The molecule has 0 saturated heterocycles. The van der Waals surface area contributed by atoms with E-state index in [0.717, 1.165) is 5.56 Å². The second-order valence-corrected chi connectivity index (χ2v) is 6.24. The van der Waals surface area contributed by atoms with Crippen LogP contribution in [0.15, 0.2) is 42.5 Å². The van der Waals surface area contributed by atoms with Crippen LogP contribution in [-0.4, -0.2) is 5.11 Å². The second kappa shape index (κ2) is 5.86. The van der Waals surface area contributed by atoms with Crippen LogP contribution in [0.3, 0.4) is 0 Å². The Morgan fingerprint density at radius 3 is 2.43 bits per heavy atom. The topological polar surface area (TPSA) is 29.5 Å². The van der Waals surface area contributed by atoms with Gasteiger partial charge < -0.3 is 9.84 Å². The summed E-state index contributed by atoms with van der Waals surface area (Å²) in [6.45, 7) is 7.98. The van der Waals surface area contributed by atoms with Crippen molar-refractivity contribution in [3.05, 3.63) is 59.4 Å². The van der Waals surface area contributed by atoms with E-state index in [-0.39, 0.29) is 11.2 Å². The highest BCUT2D eigenvalue weighted by Gasteiger charge is 2.15. The Kier molecular flexibility index (Phi) is 4.33. The highest BCUT2D eigenvalue weighted by Crippen LogP contribution is 2.32. The van der Waals surface area contributed by atoms with Crippen molar-refractivity contribution in [3.63, 3.8) is 0 Å². The SMILES string of the molecule is C[C@@H](O)c1cc(F)ccc1Oc1cccc(C(C)(C)C)c1. The molecule has 2 aromatic carbocycles. The molecule has 0 amide bonds. The molecule has 0 bridgehead atoms. The number of hydrogen-bond acceptors (Lipinski definition) is 2. The van der Waals surface area contributed by atoms with Gasteiger partial charge in [-0.2, -0.15) is 0 Å². The summed E-state index contributed by atoms with van der Waals surface area (Å²) in [4.78, 5) is 0. The minimum Gasteiger partial charge on any atom is -0.457 e. The highest BCUT2D eigenvalue weighted by molar-refractivity contribution is 5.41. The average Bonchev–Trinajstić information content (AvgIpc) is 2.40. The molecule has 3 heteroatoms. The maximum absolute atomic E-state index is 13.3. The summed E-state index contributed by atoms with van der Waals surface area (Å²) < 4.78 is 19.1. The van der Waals surface area contributed by atoms with Gasteiger partial charge in [-0.25, -0.2) is 4.39 Å². The van der Waals surface area contributed by atoms with E-state index in [9.17, 15) is 9.50 Å². The van der Waals surface area contributed by atoms with Crippen LogP contribution in [0.25, 0.3) is 0 Å². The third-order valence-corrected chi connectivity index (χ3v) is 3.35. The Morgan fingerprint density at radius 2 is 1.81 bits per heavy atom. The van der Waals surface area contributed by atoms with Gasteiger partial charge in [0.15, 0.2) is 0 Å². The van der Waals surface area contributed by atoms with Crippen molar-refractivity contribution < 1.29 is 14.2 Å². The maximum atomic E-state index is 13.3. The van der Waals surface area contributed by atoms with Crippen molar-refractivity contribution in [1.29, 1.82) is 0 Å². The number of aliphatic hydroxyl groups excluding tert-OH is 1. The van der Waals surface area contributed by atoms with Crippen LogP contribution in [0.2, 0.25) is 0 Å². The van der Waals surface area contributed by atoms with Crippen molar-refractivity contribution in [2.45, 2.75) is 39.2 Å². The van der Waals surface area contributed by atoms with Crippen LogP contribution in [0, 0.1) is 5.82 Å². The number of rotatable bonds is 3. The molecule has 0 aromatic heterocycles. The van der Waals surface area contributed by atoms with Gasteiger partial charge in [0.25, 0.3) is 0 Å². The smallest absolute Gasteiger partial charge is 0.133 e. The zero-order valence-corrected chi connectivity index (χ0v) is 12.9. The first-order valence-electron chi connectivity index (χ1n) is 7.03. The van der Waals surface area contributed by atoms with Gasteiger partial charge in [-0.3, -0.25) is 0 Å². The van der Waals surface area contributed by atoms with Gasteiger partial charge in [0.2, 0.25) is 0 Å². The van der Waals surface area contributed by atoms with Gasteiger partial charge >= 0.3 is 0 Å². The molecule has 21 heavy (non-hydrogen) atoms. The lowest BCUT2D eigenvalue weighted by Gasteiger charge is -2.20. The van der Waals surface area contributed by atoms with Crippen molar-refractivity contribution in [2.24, 2.45) is 0 Å². The lowest BCUT2D eigenvalue weighted by atomic mass is 9.87. The second-order valence-electron chi connectivity index (χ2n) is 6.24. The molecule has 0 aliphatic rings. The third kappa shape index (κ3) is 3.82.